The number of aliphatic hydroxyl groups excluding tert-OH is 1. The molecule has 0 radical (unpaired) electrons. The van der Waals surface area contributed by atoms with Crippen molar-refractivity contribution in [3.63, 3.8) is 0 Å². The van der Waals surface area contributed by atoms with E-state index in [2.05, 4.69) is 0 Å². The summed E-state index contributed by atoms with van der Waals surface area (Å²) >= 11 is 0. The molecule has 1 aliphatic heterocycles. The number of nitrogens with zero attached hydrogens (tertiary/aromatic N) is 1. The Balaban J connectivity index is 2.42. The van der Waals surface area contributed by atoms with Gasteiger partial charge in [-0.25, -0.2) is 8.42 Å². The van der Waals surface area contributed by atoms with Crippen LogP contribution in [0.4, 0.5) is 0 Å². The number of β-amino-alcohol motifs (C(OH)–C–C–N with tert-alkyl or cyclic N) is 1. The first kappa shape index (κ1) is 12.4. The summed E-state index contributed by atoms with van der Waals surface area (Å²) in [4.78, 5) is 10.2. The van der Waals surface area contributed by atoms with Gasteiger partial charge in [-0.1, -0.05) is 0 Å². The second-order valence-corrected chi connectivity index (χ2v) is 5.70. The predicted octanol–water partition coefficient (Wildman–Crippen LogP) is -0.752. The van der Waals surface area contributed by atoms with Crippen LogP contribution in [-0.2, 0) is 14.8 Å². The summed E-state index contributed by atoms with van der Waals surface area (Å²) in [5, 5.41) is 17.5. The van der Waals surface area contributed by atoms with E-state index in [0.29, 0.717) is 13.0 Å². The first-order valence-corrected chi connectivity index (χ1v) is 6.40. The lowest BCUT2D eigenvalue weighted by Gasteiger charge is -2.14. The number of sulfonamides is 1. The Labute approximate surface area is 88.6 Å². The largest absolute Gasteiger partial charge is 0.481 e. The van der Waals surface area contributed by atoms with E-state index in [1.807, 2.05) is 0 Å². The molecule has 1 rings (SSSR count). The average molecular weight is 237 g/mol. The third-order valence-corrected chi connectivity index (χ3v) is 4.24. The molecule has 88 valence electrons. The van der Waals surface area contributed by atoms with Crippen LogP contribution < -0.4 is 0 Å². The molecule has 1 atom stereocenters. The zero-order chi connectivity index (χ0) is 11.5. The van der Waals surface area contributed by atoms with Crippen LogP contribution in [0.5, 0.6) is 0 Å². The van der Waals surface area contributed by atoms with Crippen LogP contribution in [0.2, 0.25) is 0 Å². The van der Waals surface area contributed by atoms with Crippen LogP contribution in [0.3, 0.4) is 0 Å². The zero-order valence-corrected chi connectivity index (χ0v) is 9.11. The van der Waals surface area contributed by atoms with E-state index in [9.17, 15) is 18.3 Å². The molecule has 0 bridgehead atoms. The Morgan fingerprint density at radius 3 is 2.60 bits per heavy atom. The minimum Gasteiger partial charge on any atom is -0.481 e. The van der Waals surface area contributed by atoms with Crippen LogP contribution in [0.15, 0.2) is 0 Å². The standard InChI is InChI=1S/C8H15NO5S/c10-7-3-4-9(6-7)15(13,14)5-1-2-8(11)12/h7,10H,1-6H2,(H,11,12). The van der Waals surface area contributed by atoms with Crippen molar-refractivity contribution in [2.45, 2.75) is 25.4 Å². The van der Waals surface area contributed by atoms with Gasteiger partial charge in [0.2, 0.25) is 10.0 Å². The van der Waals surface area contributed by atoms with E-state index in [0.717, 1.165) is 0 Å². The van der Waals surface area contributed by atoms with Gasteiger partial charge in [0.25, 0.3) is 0 Å². The van der Waals surface area contributed by atoms with Crippen LogP contribution >= 0.6 is 0 Å². The fourth-order valence-corrected chi connectivity index (χ4v) is 3.05. The lowest BCUT2D eigenvalue weighted by atomic mass is 10.3. The number of carbonyl (C=O) groups is 1. The molecule has 0 aromatic carbocycles. The minimum atomic E-state index is -3.38. The van der Waals surface area contributed by atoms with Gasteiger partial charge >= 0.3 is 5.97 Å². The molecule has 7 heteroatoms. The Morgan fingerprint density at radius 2 is 2.13 bits per heavy atom. The number of carboxylic acids is 1. The van der Waals surface area contributed by atoms with Gasteiger partial charge in [0.1, 0.15) is 0 Å². The van der Waals surface area contributed by atoms with E-state index in [1.54, 1.807) is 0 Å². The highest BCUT2D eigenvalue weighted by atomic mass is 32.2. The highest BCUT2D eigenvalue weighted by Crippen LogP contribution is 2.14. The number of rotatable bonds is 5. The van der Waals surface area contributed by atoms with Crippen molar-refractivity contribution < 1.29 is 23.4 Å². The summed E-state index contributed by atoms with van der Waals surface area (Å²) < 4.78 is 24.4. The number of hydrogen-bond acceptors (Lipinski definition) is 4. The lowest BCUT2D eigenvalue weighted by Crippen LogP contribution is -2.31. The van der Waals surface area contributed by atoms with Gasteiger partial charge < -0.3 is 10.2 Å². The SMILES string of the molecule is O=C(O)CCCS(=O)(=O)N1CCC(O)C1. The summed E-state index contributed by atoms with van der Waals surface area (Å²) in [5.74, 6) is -1.15. The van der Waals surface area contributed by atoms with Gasteiger partial charge in [-0.05, 0) is 12.8 Å². The molecule has 0 amide bonds. The topological polar surface area (TPSA) is 94.9 Å². The molecule has 1 unspecified atom stereocenters. The van der Waals surface area contributed by atoms with E-state index in [1.165, 1.54) is 4.31 Å². The molecule has 1 heterocycles. The highest BCUT2D eigenvalue weighted by molar-refractivity contribution is 7.89. The molecular weight excluding hydrogens is 222 g/mol. The third kappa shape index (κ3) is 3.77. The molecule has 15 heavy (non-hydrogen) atoms. The summed E-state index contributed by atoms with van der Waals surface area (Å²) in [5.41, 5.74) is 0. The number of hydrogen-bond donors (Lipinski definition) is 2. The highest BCUT2D eigenvalue weighted by Gasteiger charge is 2.29. The van der Waals surface area contributed by atoms with E-state index in [-0.39, 0.29) is 25.1 Å². The van der Waals surface area contributed by atoms with Crippen LogP contribution in [-0.4, -0.2) is 53.9 Å². The third-order valence-electron chi connectivity index (χ3n) is 2.31. The van der Waals surface area contributed by atoms with E-state index in [4.69, 9.17) is 5.11 Å². The molecule has 2 N–H and O–H groups in total. The molecule has 1 fully saturated rings. The van der Waals surface area contributed by atoms with Crippen LogP contribution in [0, 0.1) is 0 Å². The molecule has 6 nitrogen and oxygen atoms in total. The van der Waals surface area contributed by atoms with E-state index >= 15 is 0 Å². The Morgan fingerprint density at radius 1 is 1.47 bits per heavy atom. The molecule has 0 aromatic heterocycles. The van der Waals surface area contributed by atoms with Crippen molar-refractivity contribution in [2.75, 3.05) is 18.8 Å². The van der Waals surface area contributed by atoms with Crippen molar-refractivity contribution in [3.05, 3.63) is 0 Å². The first-order chi connectivity index (χ1) is 6.92. The molecule has 1 saturated heterocycles. The number of aliphatic carboxylic acids is 1. The number of carboxylic acid groups (broad SMARTS) is 1. The zero-order valence-electron chi connectivity index (χ0n) is 8.29. The Bertz CT molecular complexity index is 326. The minimum absolute atomic E-state index is 0.115. The fourth-order valence-electron chi connectivity index (χ4n) is 1.50. The van der Waals surface area contributed by atoms with Crippen molar-refractivity contribution in [1.29, 1.82) is 0 Å². The normalized spacial score (nSPS) is 23.1. The molecule has 0 aliphatic carbocycles. The van der Waals surface area contributed by atoms with E-state index < -0.39 is 22.1 Å². The van der Waals surface area contributed by atoms with Gasteiger partial charge in [-0.2, -0.15) is 4.31 Å². The second-order valence-electron chi connectivity index (χ2n) is 3.61. The van der Waals surface area contributed by atoms with Gasteiger partial charge in [-0.3, -0.25) is 4.79 Å². The molecule has 0 aromatic rings. The van der Waals surface area contributed by atoms with Gasteiger partial charge in [-0.15, -0.1) is 0 Å². The van der Waals surface area contributed by atoms with Gasteiger partial charge in [0, 0.05) is 19.5 Å². The Kier molecular flexibility index (Phi) is 4.06. The lowest BCUT2D eigenvalue weighted by molar-refractivity contribution is -0.137. The summed E-state index contributed by atoms with van der Waals surface area (Å²) in [6.07, 6.45) is -0.155. The van der Waals surface area contributed by atoms with Crippen molar-refractivity contribution >= 4 is 16.0 Å². The molecule has 1 aliphatic rings. The maximum absolute atomic E-state index is 11.6. The summed E-state index contributed by atoms with van der Waals surface area (Å²) in [6, 6.07) is 0. The maximum Gasteiger partial charge on any atom is 0.303 e. The van der Waals surface area contributed by atoms with Gasteiger partial charge in [0.05, 0.1) is 11.9 Å². The van der Waals surface area contributed by atoms with Gasteiger partial charge in [0.15, 0.2) is 0 Å². The predicted molar refractivity (Wildman–Crippen MR) is 52.9 cm³/mol. The Hall–Kier alpha value is -0.660. The second kappa shape index (κ2) is 4.91. The van der Waals surface area contributed by atoms with Crippen molar-refractivity contribution in [1.82, 2.24) is 4.31 Å². The van der Waals surface area contributed by atoms with Crippen molar-refractivity contribution in [2.24, 2.45) is 0 Å². The average Bonchev–Trinajstić information content (AvgIpc) is 2.51. The van der Waals surface area contributed by atoms with Crippen LogP contribution in [0.1, 0.15) is 19.3 Å². The number of aliphatic hydroxyl groups is 1. The quantitative estimate of drug-likeness (QED) is 0.656. The fraction of sp³-hybridized carbons (Fsp3) is 0.875. The van der Waals surface area contributed by atoms with Crippen LogP contribution in [0.25, 0.3) is 0 Å². The molecule has 0 saturated carbocycles. The molecular formula is C8H15NO5S. The maximum atomic E-state index is 11.6. The van der Waals surface area contributed by atoms with Crippen molar-refractivity contribution in [3.8, 4) is 0 Å². The molecule has 0 spiro atoms. The summed E-state index contributed by atoms with van der Waals surface area (Å²) in [7, 11) is -3.38. The first-order valence-electron chi connectivity index (χ1n) is 4.79. The monoisotopic (exact) mass is 237 g/mol. The smallest absolute Gasteiger partial charge is 0.303 e. The summed E-state index contributed by atoms with van der Waals surface area (Å²) in [6.45, 7) is 0.464.